The minimum atomic E-state index is 0.365. The Labute approximate surface area is 234 Å². The topological polar surface area (TPSA) is 27.7 Å². The van der Waals surface area contributed by atoms with Crippen molar-refractivity contribution in [3.05, 3.63) is 24.3 Å². The Hall–Kier alpha value is -0.640. The second-order valence-electron chi connectivity index (χ2n) is 10.3. The van der Waals surface area contributed by atoms with Gasteiger partial charge in [-0.3, -0.25) is 0 Å². The predicted octanol–water partition coefficient (Wildman–Crippen LogP) is 11.7. The maximum absolute atomic E-state index is 5.37. The summed E-state index contributed by atoms with van der Waals surface area (Å²) in [7, 11) is 0. The molecule has 37 heavy (non-hydrogen) atoms. The van der Waals surface area contributed by atoms with Gasteiger partial charge in [-0.05, 0) is 51.4 Å². The first-order chi connectivity index (χ1) is 18.3. The van der Waals surface area contributed by atoms with Gasteiger partial charge in [-0.25, -0.2) is 0 Å². The van der Waals surface area contributed by atoms with E-state index >= 15 is 0 Å². The van der Waals surface area contributed by atoms with Crippen LogP contribution >= 0.6 is 0 Å². The molecular formula is C34H68O3. The van der Waals surface area contributed by atoms with Crippen molar-refractivity contribution >= 4 is 0 Å². The molecule has 3 heteroatoms. The highest BCUT2D eigenvalue weighted by Crippen LogP contribution is 2.10. The number of allylic oxidation sites excluding steroid dienone is 4. The van der Waals surface area contributed by atoms with Gasteiger partial charge in [-0.1, -0.05) is 142 Å². The summed E-state index contributed by atoms with van der Waals surface area (Å²) in [6, 6.07) is 0. The third kappa shape index (κ3) is 42.7. The van der Waals surface area contributed by atoms with E-state index < -0.39 is 0 Å². The Morgan fingerprint density at radius 3 is 1.19 bits per heavy atom. The summed E-state index contributed by atoms with van der Waals surface area (Å²) >= 11 is 0. The van der Waals surface area contributed by atoms with Crippen LogP contribution < -0.4 is 0 Å². The molecule has 0 aromatic rings. The van der Waals surface area contributed by atoms with Gasteiger partial charge in [-0.2, -0.15) is 0 Å². The fraction of sp³-hybridized carbons (Fsp3) is 0.882. The zero-order valence-corrected chi connectivity index (χ0v) is 25.9. The van der Waals surface area contributed by atoms with E-state index in [-0.39, 0.29) is 0 Å². The molecule has 0 spiro atoms. The van der Waals surface area contributed by atoms with Crippen LogP contribution in [0.2, 0.25) is 0 Å². The smallest absolute Gasteiger partial charge is 0.149 e. The fourth-order valence-electron chi connectivity index (χ4n) is 3.96. The maximum atomic E-state index is 5.37. The van der Waals surface area contributed by atoms with Crippen LogP contribution in [0.4, 0.5) is 0 Å². The highest BCUT2D eigenvalue weighted by Gasteiger charge is 1.93. The Bertz CT molecular complexity index is 403. The molecule has 0 aromatic carbocycles. The van der Waals surface area contributed by atoms with Gasteiger partial charge in [0.05, 0.1) is 0 Å². The normalized spacial score (nSPS) is 11.5. The lowest BCUT2D eigenvalue weighted by Crippen LogP contribution is -2.06. The Balaban J connectivity index is 0. The molecule has 0 atom stereocenters. The average Bonchev–Trinajstić information content (AvgIpc) is 2.91. The Kier molecular flexibility index (Phi) is 41.5. The van der Waals surface area contributed by atoms with Crippen molar-refractivity contribution in [3.63, 3.8) is 0 Å². The summed E-state index contributed by atoms with van der Waals surface area (Å²) in [5, 5.41) is 0. The van der Waals surface area contributed by atoms with Crippen molar-refractivity contribution in [2.75, 3.05) is 26.8 Å². The fourth-order valence-corrected chi connectivity index (χ4v) is 3.96. The molecule has 0 aliphatic carbocycles. The lowest BCUT2D eigenvalue weighted by Gasteiger charge is -2.07. The van der Waals surface area contributed by atoms with E-state index in [1.807, 2.05) is 0 Å². The molecule has 0 bridgehead atoms. The van der Waals surface area contributed by atoms with Crippen LogP contribution in [0.1, 0.15) is 169 Å². The molecule has 0 aliphatic rings. The van der Waals surface area contributed by atoms with Gasteiger partial charge >= 0.3 is 0 Å². The molecule has 0 aromatic heterocycles. The van der Waals surface area contributed by atoms with Crippen molar-refractivity contribution in [3.8, 4) is 0 Å². The third-order valence-electron chi connectivity index (χ3n) is 6.40. The molecule has 0 amide bonds. The summed E-state index contributed by atoms with van der Waals surface area (Å²) in [5.74, 6) is 0. The molecule has 0 saturated carbocycles. The second-order valence-corrected chi connectivity index (χ2v) is 10.3. The van der Waals surface area contributed by atoms with E-state index in [0.717, 1.165) is 26.1 Å². The molecular weight excluding hydrogens is 456 g/mol. The first kappa shape index (κ1) is 38.5. The Morgan fingerprint density at radius 1 is 0.351 bits per heavy atom. The van der Waals surface area contributed by atoms with E-state index in [2.05, 4.69) is 52.0 Å². The Morgan fingerprint density at radius 2 is 0.730 bits per heavy atom. The number of hydrogen-bond donors (Lipinski definition) is 0. The van der Waals surface area contributed by atoms with Gasteiger partial charge in [0.2, 0.25) is 0 Å². The standard InChI is InChI=1S/C18H34.C16H34O3/c1-3-5-7-9-11-13-15-17-18-16-14-12-10-8-6-4-2;1-3-5-7-9-11-13-17-15-19-16-18-14-12-10-8-6-4-2/h5,7,10,12H,3-4,6,8-9,11,13-18H2,1-2H3;3-16H2,1-2H3/b7-5-,12-10+;. The van der Waals surface area contributed by atoms with Gasteiger partial charge in [0.25, 0.3) is 0 Å². The van der Waals surface area contributed by atoms with E-state index in [0.29, 0.717) is 13.6 Å². The molecule has 3 nitrogen and oxygen atoms in total. The van der Waals surface area contributed by atoms with E-state index in [9.17, 15) is 0 Å². The monoisotopic (exact) mass is 525 g/mol. The van der Waals surface area contributed by atoms with Crippen LogP contribution in [0.25, 0.3) is 0 Å². The summed E-state index contributed by atoms with van der Waals surface area (Å²) in [6.07, 6.45) is 38.3. The largest absolute Gasteiger partial charge is 0.355 e. The number of unbranched alkanes of at least 4 members (excludes halogenated alkanes) is 17. The molecule has 0 rings (SSSR count). The van der Waals surface area contributed by atoms with Crippen LogP contribution in [0, 0.1) is 0 Å². The van der Waals surface area contributed by atoms with Crippen molar-refractivity contribution < 1.29 is 14.2 Å². The van der Waals surface area contributed by atoms with Crippen molar-refractivity contribution in [2.24, 2.45) is 0 Å². The maximum Gasteiger partial charge on any atom is 0.149 e. The van der Waals surface area contributed by atoms with Gasteiger partial charge < -0.3 is 14.2 Å². The third-order valence-corrected chi connectivity index (χ3v) is 6.40. The summed E-state index contributed by atoms with van der Waals surface area (Å²) in [4.78, 5) is 0. The summed E-state index contributed by atoms with van der Waals surface area (Å²) in [6.45, 7) is 11.3. The zero-order valence-electron chi connectivity index (χ0n) is 25.9. The summed E-state index contributed by atoms with van der Waals surface area (Å²) in [5.41, 5.74) is 0. The first-order valence-electron chi connectivity index (χ1n) is 16.4. The van der Waals surface area contributed by atoms with E-state index in [1.54, 1.807) is 0 Å². The number of rotatable bonds is 29. The second kappa shape index (κ2) is 39.9. The van der Waals surface area contributed by atoms with E-state index in [4.69, 9.17) is 14.2 Å². The van der Waals surface area contributed by atoms with Gasteiger partial charge in [0.15, 0.2) is 0 Å². The van der Waals surface area contributed by atoms with Gasteiger partial charge in [-0.15, -0.1) is 0 Å². The number of hydrogen-bond acceptors (Lipinski definition) is 3. The van der Waals surface area contributed by atoms with Crippen LogP contribution in [0.5, 0.6) is 0 Å². The lowest BCUT2D eigenvalue weighted by molar-refractivity contribution is -0.131. The number of ether oxygens (including phenoxy) is 3. The van der Waals surface area contributed by atoms with Crippen LogP contribution in [-0.4, -0.2) is 26.8 Å². The molecule has 0 fully saturated rings. The molecule has 0 saturated heterocycles. The molecule has 0 heterocycles. The highest BCUT2D eigenvalue weighted by molar-refractivity contribution is 4.81. The molecule has 222 valence electrons. The average molecular weight is 525 g/mol. The van der Waals surface area contributed by atoms with Crippen LogP contribution in [0.3, 0.4) is 0 Å². The minimum absolute atomic E-state index is 0.365. The lowest BCUT2D eigenvalue weighted by atomic mass is 10.1. The zero-order chi connectivity index (χ0) is 27.3. The van der Waals surface area contributed by atoms with E-state index in [1.165, 1.54) is 128 Å². The van der Waals surface area contributed by atoms with Gasteiger partial charge in [0, 0.05) is 13.2 Å². The van der Waals surface area contributed by atoms with Crippen molar-refractivity contribution in [1.29, 1.82) is 0 Å². The SMILES string of the molecule is CC/C=C\CCCCCCCC/C=C/CCCC.CCCCCCCOCOCOCCCCCCC. The van der Waals surface area contributed by atoms with Crippen molar-refractivity contribution in [2.45, 2.75) is 169 Å². The predicted molar refractivity (Wildman–Crippen MR) is 165 cm³/mol. The molecule has 0 aliphatic heterocycles. The quantitative estimate of drug-likeness (QED) is 0.0553. The highest BCUT2D eigenvalue weighted by atomic mass is 16.7. The van der Waals surface area contributed by atoms with Crippen LogP contribution in [0.15, 0.2) is 24.3 Å². The molecule has 0 unspecified atom stereocenters. The summed E-state index contributed by atoms with van der Waals surface area (Å²) < 4.78 is 16.0. The first-order valence-corrected chi connectivity index (χ1v) is 16.4. The van der Waals surface area contributed by atoms with Gasteiger partial charge in [0.1, 0.15) is 13.6 Å². The van der Waals surface area contributed by atoms with Crippen molar-refractivity contribution in [1.82, 2.24) is 0 Å². The molecule has 0 radical (unpaired) electrons. The molecule has 0 N–H and O–H groups in total. The van der Waals surface area contributed by atoms with Crippen LogP contribution in [-0.2, 0) is 14.2 Å². The minimum Gasteiger partial charge on any atom is -0.355 e.